The summed E-state index contributed by atoms with van der Waals surface area (Å²) in [6, 6.07) is 14.3. The number of carbonyl (C=O) groups excluding carboxylic acids is 1. The van der Waals surface area contributed by atoms with Gasteiger partial charge >= 0.3 is 5.97 Å². The molecule has 0 aliphatic carbocycles. The normalized spacial score (nSPS) is 12.3. The van der Waals surface area contributed by atoms with Crippen LogP contribution in [0, 0.1) is 6.92 Å². The van der Waals surface area contributed by atoms with Crippen molar-refractivity contribution in [2.45, 2.75) is 26.8 Å². The molecule has 0 aliphatic heterocycles. The van der Waals surface area contributed by atoms with E-state index in [1.807, 2.05) is 26.1 Å². The predicted molar refractivity (Wildman–Crippen MR) is 122 cm³/mol. The van der Waals surface area contributed by atoms with E-state index in [1.165, 1.54) is 16.7 Å². The zero-order chi connectivity index (χ0) is 21.4. The van der Waals surface area contributed by atoms with Gasteiger partial charge in [-0.25, -0.2) is 9.78 Å². The highest BCUT2D eigenvalue weighted by molar-refractivity contribution is 7.20. The summed E-state index contributed by atoms with van der Waals surface area (Å²) in [7, 11) is 1.97. The summed E-state index contributed by atoms with van der Waals surface area (Å²) >= 11 is 1.20. The van der Waals surface area contributed by atoms with Gasteiger partial charge in [0.05, 0.1) is 18.0 Å². The van der Waals surface area contributed by atoms with Gasteiger partial charge < -0.3 is 14.6 Å². The number of esters is 1. The Balaban J connectivity index is 1.72. The van der Waals surface area contributed by atoms with E-state index in [4.69, 9.17) is 4.74 Å². The Bertz CT molecular complexity index is 1310. The molecule has 2 aromatic carbocycles. The van der Waals surface area contributed by atoms with Crippen molar-refractivity contribution in [1.82, 2.24) is 9.97 Å². The van der Waals surface area contributed by atoms with Crippen molar-refractivity contribution in [3.63, 3.8) is 0 Å². The lowest BCUT2D eigenvalue weighted by Gasteiger charge is -2.26. The highest BCUT2D eigenvalue weighted by atomic mass is 32.1. The van der Waals surface area contributed by atoms with Crippen LogP contribution in [0.3, 0.4) is 0 Å². The zero-order valence-electron chi connectivity index (χ0n) is 17.4. The number of fused-ring (bicyclic) bond motifs is 2. The number of anilines is 1. The fourth-order valence-electron chi connectivity index (χ4n) is 3.55. The van der Waals surface area contributed by atoms with Gasteiger partial charge in [0.25, 0.3) is 5.56 Å². The first-order valence-electron chi connectivity index (χ1n) is 9.82. The molecule has 1 atom stereocenters. The number of aromatic amines is 1. The van der Waals surface area contributed by atoms with Gasteiger partial charge in [-0.15, -0.1) is 11.3 Å². The van der Waals surface area contributed by atoms with Crippen LogP contribution in [0.15, 0.2) is 47.3 Å². The molecule has 2 heterocycles. The molecule has 7 heteroatoms. The van der Waals surface area contributed by atoms with Gasteiger partial charge in [0.15, 0.2) is 0 Å². The number of benzene rings is 2. The van der Waals surface area contributed by atoms with Crippen LogP contribution < -0.4 is 10.5 Å². The second-order valence-electron chi connectivity index (χ2n) is 7.23. The van der Waals surface area contributed by atoms with Crippen LogP contribution in [0.1, 0.15) is 40.9 Å². The number of thiophene rings is 1. The highest BCUT2D eigenvalue weighted by Gasteiger charge is 2.22. The number of aromatic nitrogens is 2. The second-order valence-corrected chi connectivity index (χ2v) is 8.23. The minimum absolute atomic E-state index is 0.170. The first-order valence-corrected chi connectivity index (χ1v) is 10.6. The van der Waals surface area contributed by atoms with E-state index in [1.54, 1.807) is 13.8 Å². The Hall–Kier alpha value is -3.19. The van der Waals surface area contributed by atoms with E-state index in [9.17, 15) is 9.59 Å². The van der Waals surface area contributed by atoms with Crippen molar-refractivity contribution in [1.29, 1.82) is 0 Å². The topological polar surface area (TPSA) is 75.3 Å². The Morgan fingerprint density at radius 1 is 1.23 bits per heavy atom. The quantitative estimate of drug-likeness (QED) is 0.468. The van der Waals surface area contributed by atoms with Crippen LogP contribution in [0.25, 0.3) is 21.0 Å². The maximum atomic E-state index is 12.8. The molecule has 0 radical (unpaired) electrons. The van der Waals surface area contributed by atoms with Gasteiger partial charge in [0.2, 0.25) is 0 Å². The van der Waals surface area contributed by atoms with Crippen LogP contribution in [0.4, 0.5) is 5.69 Å². The molecule has 1 N–H and O–H groups in total. The number of rotatable bonds is 5. The van der Waals surface area contributed by atoms with E-state index in [2.05, 4.69) is 45.2 Å². The van der Waals surface area contributed by atoms with Crippen molar-refractivity contribution in [2.24, 2.45) is 0 Å². The van der Waals surface area contributed by atoms with Crippen LogP contribution in [-0.2, 0) is 4.74 Å². The molecular formula is C23H23N3O3S. The number of hydrogen-bond donors (Lipinski definition) is 1. The molecule has 0 saturated carbocycles. The molecule has 0 spiro atoms. The maximum Gasteiger partial charge on any atom is 0.348 e. The number of carbonyl (C=O) groups is 1. The fraction of sp³-hybridized carbons (Fsp3) is 0.261. The van der Waals surface area contributed by atoms with Crippen LogP contribution in [0.2, 0.25) is 0 Å². The van der Waals surface area contributed by atoms with Gasteiger partial charge in [-0.1, -0.05) is 30.3 Å². The third kappa shape index (κ3) is 3.45. The summed E-state index contributed by atoms with van der Waals surface area (Å²) in [4.78, 5) is 35.6. The Labute approximate surface area is 178 Å². The van der Waals surface area contributed by atoms with Gasteiger partial charge in [-0.05, 0) is 49.2 Å². The van der Waals surface area contributed by atoms with E-state index < -0.39 is 5.97 Å². The lowest BCUT2D eigenvalue weighted by Crippen LogP contribution is -2.25. The van der Waals surface area contributed by atoms with Gasteiger partial charge in [-0.2, -0.15) is 0 Å². The Kier molecular flexibility index (Phi) is 5.30. The summed E-state index contributed by atoms with van der Waals surface area (Å²) < 4.78 is 5.11. The monoisotopic (exact) mass is 421 g/mol. The number of H-pyrrole nitrogens is 1. The third-order valence-electron chi connectivity index (χ3n) is 5.40. The minimum atomic E-state index is -0.416. The highest BCUT2D eigenvalue weighted by Crippen LogP contribution is 2.30. The van der Waals surface area contributed by atoms with Crippen molar-refractivity contribution in [2.75, 3.05) is 18.6 Å². The molecule has 154 valence electrons. The summed E-state index contributed by atoms with van der Waals surface area (Å²) in [5.74, 6) is 0.139. The lowest BCUT2D eigenvalue weighted by atomic mass is 10.1. The molecular weight excluding hydrogens is 398 g/mol. The SMILES string of the molecule is CCOC(=O)c1sc2nc([C@H](C)N(C)c3ccc4ccccc4c3)[nH]c(=O)c2c1C. The zero-order valence-corrected chi connectivity index (χ0v) is 18.2. The summed E-state index contributed by atoms with van der Waals surface area (Å²) in [6.07, 6.45) is 0. The van der Waals surface area contributed by atoms with Crippen molar-refractivity contribution in [3.8, 4) is 0 Å². The number of aryl methyl sites for hydroxylation is 1. The average Bonchev–Trinajstić information content (AvgIpc) is 3.09. The third-order valence-corrected chi connectivity index (χ3v) is 6.56. The average molecular weight is 422 g/mol. The Morgan fingerprint density at radius 3 is 2.70 bits per heavy atom. The molecule has 4 rings (SSSR count). The molecule has 30 heavy (non-hydrogen) atoms. The van der Waals surface area contributed by atoms with Crippen LogP contribution >= 0.6 is 11.3 Å². The first kappa shape index (κ1) is 20.1. The molecule has 0 unspecified atom stereocenters. The van der Waals surface area contributed by atoms with Crippen molar-refractivity contribution < 1.29 is 9.53 Å². The molecule has 6 nitrogen and oxygen atoms in total. The predicted octanol–water partition coefficient (Wildman–Crippen LogP) is 4.82. The van der Waals surface area contributed by atoms with E-state index in [0.29, 0.717) is 26.5 Å². The van der Waals surface area contributed by atoms with Gasteiger partial charge in [-0.3, -0.25) is 4.79 Å². The lowest BCUT2D eigenvalue weighted by molar-refractivity contribution is 0.0531. The molecule has 4 aromatic rings. The number of nitrogens with one attached hydrogen (secondary N) is 1. The maximum absolute atomic E-state index is 12.8. The summed E-state index contributed by atoms with van der Waals surface area (Å²) in [5.41, 5.74) is 1.40. The molecule has 2 aromatic heterocycles. The smallest absolute Gasteiger partial charge is 0.348 e. The van der Waals surface area contributed by atoms with Gasteiger partial charge in [0, 0.05) is 12.7 Å². The Morgan fingerprint density at radius 2 is 1.97 bits per heavy atom. The van der Waals surface area contributed by atoms with Crippen molar-refractivity contribution in [3.05, 3.63) is 69.1 Å². The largest absolute Gasteiger partial charge is 0.462 e. The standard InChI is InChI=1S/C23H23N3O3S/c1-5-29-23(28)19-13(2)18-21(27)24-20(25-22(18)30-19)14(3)26(4)17-11-10-15-8-6-7-9-16(15)12-17/h6-12,14H,5H2,1-4H3,(H,24,25,27)/t14-/m0/s1. The van der Waals surface area contributed by atoms with Gasteiger partial charge in [0.1, 0.15) is 15.5 Å². The minimum Gasteiger partial charge on any atom is -0.462 e. The second kappa shape index (κ2) is 7.91. The fourth-order valence-corrected chi connectivity index (χ4v) is 4.64. The molecule has 0 bridgehead atoms. The number of nitrogens with zero attached hydrogens (tertiary/aromatic N) is 2. The van der Waals surface area contributed by atoms with Crippen molar-refractivity contribution >= 4 is 44.0 Å². The molecule has 0 amide bonds. The van der Waals surface area contributed by atoms with E-state index >= 15 is 0 Å². The number of ether oxygens (including phenoxy) is 1. The molecule has 0 fully saturated rings. The first-order chi connectivity index (χ1) is 14.4. The van der Waals surface area contributed by atoms with E-state index in [-0.39, 0.29) is 18.2 Å². The van der Waals surface area contributed by atoms with Crippen LogP contribution in [0.5, 0.6) is 0 Å². The molecule has 0 saturated heterocycles. The summed E-state index contributed by atoms with van der Waals surface area (Å²) in [5, 5.41) is 2.78. The number of hydrogen-bond acceptors (Lipinski definition) is 6. The van der Waals surface area contributed by atoms with Crippen LogP contribution in [-0.4, -0.2) is 29.6 Å². The van der Waals surface area contributed by atoms with E-state index in [0.717, 1.165) is 11.1 Å². The molecule has 0 aliphatic rings. The summed E-state index contributed by atoms with van der Waals surface area (Å²) in [6.45, 7) is 5.79.